The van der Waals surface area contributed by atoms with E-state index in [2.05, 4.69) is 27.8 Å². The number of hydrogen-bond acceptors (Lipinski definition) is 4. The quantitative estimate of drug-likeness (QED) is 0.855. The fourth-order valence-corrected chi connectivity index (χ4v) is 2.31. The Balaban J connectivity index is 1.87. The lowest BCUT2D eigenvalue weighted by atomic mass is 9.95. The van der Waals surface area contributed by atoms with Gasteiger partial charge in [-0.2, -0.15) is 0 Å². The second-order valence-electron chi connectivity index (χ2n) is 5.04. The number of carbonyl (C=O) groups is 1. The van der Waals surface area contributed by atoms with Crippen molar-refractivity contribution in [2.24, 2.45) is 0 Å². The smallest absolute Gasteiger partial charge is 0.272 e. The van der Waals surface area contributed by atoms with E-state index < -0.39 is 0 Å². The summed E-state index contributed by atoms with van der Waals surface area (Å²) in [6.45, 7) is 2.95. The second-order valence-corrected chi connectivity index (χ2v) is 5.04. The molecule has 0 aromatic carbocycles. The van der Waals surface area contributed by atoms with E-state index >= 15 is 0 Å². The van der Waals surface area contributed by atoms with Gasteiger partial charge in [0.25, 0.3) is 5.91 Å². The van der Waals surface area contributed by atoms with Gasteiger partial charge in [0.1, 0.15) is 5.82 Å². The Morgan fingerprint density at radius 3 is 2.68 bits per heavy atom. The van der Waals surface area contributed by atoms with E-state index in [1.54, 1.807) is 12.1 Å². The minimum atomic E-state index is -0.110. The van der Waals surface area contributed by atoms with Crippen LogP contribution in [-0.4, -0.2) is 28.7 Å². The molecular weight excluding hydrogens is 240 g/mol. The molecule has 1 aromatic rings. The molecule has 2 N–H and O–H groups in total. The van der Waals surface area contributed by atoms with Crippen molar-refractivity contribution in [3.63, 3.8) is 0 Å². The summed E-state index contributed by atoms with van der Waals surface area (Å²) in [7, 11) is 0. The normalized spacial score (nSPS) is 16.1. The van der Waals surface area contributed by atoms with Crippen LogP contribution in [0.15, 0.2) is 12.1 Å². The zero-order chi connectivity index (χ0) is 13.5. The van der Waals surface area contributed by atoms with E-state index in [9.17, 15) is 4.79 Å². The average Bonchev–Trinajstić information content (AvgIpc) is 2.46. The molecule has 0 unspecified atom stereocenters. The Labute approximate surface area is 114 Å². The van der Waals surface area contributed by atoms with E-state index in [4.69, 9.17) is 0 Å². The van der Waals surface area contributed by atoms with Crippen LogP contribution >= 0.6 is 0 Å². The van der Waals surface area contributed by atoms with Gasteiger partial charge in [-0.3, -0.25) is 4.79 Å². The lowest BCUT2D eigenvalue weighted by Gasteiger charge is -2.22. The predicted molar refractivity (Wildman–Crippen MR) is 75.2 cm³/mol. The fourth-order valence-electron chi connectivity index (χ4n) is 2.31. The van der Waals surface area contributed by atoms with Gasteiger partial charge in [-0.1, -0.05) is 26.2 Å². The first-order valence-corrected chi connectivity index (χ1v) is 7.18. The van der Waals surface area contributed by atoms with Crippen LogP contribution in [0.3, 0.4) is 0 Å². The molecule has 19 heavy (non-hydrogen) atoms. The predicted octanol–water partition coefficient (Wildman–Crippen LogP) is 2.36. The first kappa shape index (κ1) is 13.8. The number of rotatable bonds is 5. The van der Waals surface area contributed by atoms with Gasteiger partial charge in [-0.05, 0) is 31.4 Å². The summed E-state index contributed by atoms with van der Waals surface area (Å²) in [4.78, 5) is 12.0. The number of hydrogen-bond donors (Lipinski definition) is 2. The minimum Gasteiger partial charge on any atom is -0.369 e. The first-order chi connectivity index (χ1) is 9.29. The number of carbonyl (C=O) groups excluding carboxylic acids is 1. The summed E-state index contributed by atoms with van der Waals surface area (Å²) in [6.07, 6.45) is 6.88. The van der Waals surface area contributed by atoms with Gasteiger partial charge in [0.05, 0.1) is 0 Å². The molecule has 104 valence electrons. The van der Waals surface area contributed by atoms with Crippen molar-refractivity contribution in [3.8, 4) is 0 Å². The van der Waals surface area contributed by atoms with Crippen molar-refractivity contribution >= 4 is 11.7 Å². The number of anilines is 1. The van der Waals surface area contributed by atoms with Crippen LogP contribution in [0.4, 0.5) is 5.82 Å². The molecule has 2 rings (SSSR count). The van der Waals surface area contributed by atoms with Gasteiger partial charge >= 0.3 is 0 Å². The summed E-state index contributed by atoms with van der Waals surface area (Å²) in [5.74, 6) is 0.609. The number of amides is 1. The standard InChI is InChI=1S/C14H22N4O/c1-2-10-15-13-9-8-12(17-18-13)14(19)16-11-6-4-3-5-7-11/h8-9,11H,2-7,10H2,1H3,(H,15,18)(H,16,19). The van der Waals surface area contributed by atoms with E-state index in [-0.39, 0.29) is 5.91 Å². The van der Waals surface area contributed by atoms with E-state index in [0.29, 0.717) is 11.7 Å². The topological polar surface area (TPSA) is 66.9 Å². The highest BCUT2D eigenvalue weighted by atomic mass is 16.2. The van der Waals surface area contributed by atoms with Gasteiger partial charge in [-0.25, -0.2) is 0 Å². The first-order valence-electron chi connectivity index (χ1n) is 7.18. The summed E-state index contributed by atoms with van der Waals surface area (Å²) in [6, 6.07) is 3.84. The number of nitrogens with zero attached hydrogens (tertiary/aromatic N) is 2. The lowest BCUT2D eigenvalue weighted by molar-refractivity contribution is 0.0921. The highest BCUT2D eigenvalue weighted by Gasteiger charge is 2.17. The van der Waals surface area contributed by atoms with Crippen LogP contribution in [0.1, 0.15) is 55.9 Å². The molecular formula is C14H22N4O. The summed E-state index contributed by atoms with van der Waals surface area (Å²) in [5, 5.41) is 14.2. The Bertz CT molecular complexity index is 398. The molecule has 1 aliphatic rings. The molecule has 0 atom stereocenters. The van der Waals surface area contributed by atoms with E-state index in [1.165, 1.54) is 19.3 Å². The van der Waals surface area contributed by atoms with Gasteiger partial charge < -0.3 is 10.6 Å². The molecule has 0 bridgehead atoms. The molecule has 1 aliphatic carbocycles. The SMILES string of the molecule is CCCNc1ccc(C(=O)NC2CCCCC2)nn1. The third kappa shape index (κ3) is 4.19. The van der Waals surface area contributed by atoms with Crippen molar-refractivity contribution in [1.29, 1.82) is 0 Å². The van der Waals surface area contributed by atoms with Gasteiger partial charge in [0, 0.05) is 12.6 Å². The van der Waals surface area contributed by atoms with E-state index in [0.717, 1.165) is 31.6 Å². The van der Waals surface area contributed by atoms with Crippen molar-refractivity contribution < 1.29 is 4.79 Å². The summed E-state index contributed by atoms with van der Waals surface area (Å²) < 4.78 is 0. The largest absolute Gasteiger partial charge is 0.369 e. The van der Waals surface area contributed by atoms with Gasteiger partial charge in [0.15, 0.2) is 5.69 Å². The average molecular weight is 262 g/mol. The molecule has 1 heterocycles. The van der Waals surface area contributed by atoms with Crippen LogP contribution in [0.2, 0.25) is 0 Å². The van der Waals surface area contributed by atoms with Gasteiger partial charge in [-0.15, -0.1) is 10.2 Å². The highest BCUT2D eigenvalue weighted by Crippen LogP contribution is 2.17. The molecule has 5 heteroatoms. The summed E-state index contributed by atoms with van der Waals surface area (Å²) in [5.41, 5.74) is 0.396. The highest BCUT2D eigenvalue weighted by molar-refractivity contribution is 5.92. The molecule has 1 aromatic heterocycles. The zero-order valence-corrected chi connectivity index (χ0v) is 11.5. The fraction of sp³-hybridized carbons (Fsp3) is 0.643. The minimum absolute atomic E-state index is 0.110. The lowest BCUT2D eigenvalue weighted by Crippen LogP contribution is -2.36. The molecule has 0 saturated heterocycles. The third-order valence-corrected chi connectivity index (χ3v) is 3.39. The monoisotopic (exact) mass is 262 g/mol. The van der Waals surface area contributed by atoms with Crippen LogP contribution in [0, 0.1) is 0 Å². The molecule has 1 saturated carbocycles. The van der Waals surface area contributed by atoms with Crippen LogP contribution < -0.4 is 10.6 Å². The Morgan fingerprint density at radius 2 is 2.05 bits per heavy atom. The third-order valence-electron chi connectivity index (χ3n) is 3.39. The van der Waals surface area contributed by atoms with E-state index in [1.807, 2.05) is 0 Å². The maximum atomic E-state index is 12.0. The van der Waals surface area contributed by atoms with Crippen molar-refractivity contribution in [2.75, 3.05) is 11.9 Å². The van der Waals surface area contributed by atoms with Crippen molar-refractivity contribution in [3.05, 3.63) is 17.8 Å². The van der Waals surface area contributed by atoms with Crippen LogP contribution in [0.25, 0.3) is 0 Å². The number of nitrogens with one attached hydrogen (secondary N) is 2. The van der Waals surface area contributed by atoms with Crippen molar-refractivity contribution in [1.82, 2.24) is 15.5 Å². The van der Waals surface area contributed by atoms with Gasteiger partial charge in [0.2, 0.25) is 0 Å². The molecule has 0 aliphatic heterocycles. The molecule has 0 spiro atoms. The Morgan fingerprint density at radius 1 is 1.26 bits per heavy atom. The Hall–Kier alpha value is -1.65. The molecule has 1 amide bonds. The summed E-state index contributed by atoms with van der Waals surface area (Å²) >= 11 is 0. The molecule has 5 nitrogen and oxygen atoms in total. The zero-order valence-electron chi connectivity index (χ0n) is 11.5. The maximum Gasteiger partial charge on any atom is 0.272 e. The second kappa shape index (κ2) is 7.07. The Kier molecular flexibility index (Phi) is 5.12. The molecule has 1 fully saturated rings. The van der Waals surface area contributed by atoms with Crippen LogP contribution in [-0.2, 0) is 0 Å². The van der Waals surface area contributed by atoms with Crippen LogP contribution in [0.5, 0.6) is 0 Å². The molecule has 0 radical (unpaired) electrons. The van der Waals surface area contributed by atoms with Crippen molar-refractivity contribution in [2.45, 2.75) is 51.5 Å². The number of aromatic nitrogens is 2. The maximum absolute atomic E-state index is 12.0.